The molecule has 2 aromatic rings. The predicted octanol–water partition coefficient (Wildman–Crippen LogP) is 3.61. The third-order valence-corrected chi connectivity index (χ3v) is 3.81. The lowest BCUT2D eigenvalue weighted by atomic mass is 10.1. The largest absolute Gasteiger partial charge is 0.305 e. The van der Waals surface area contributed by atoms with Crippen molar-refractivity contribution in [2.45, 2.75) is 19.5 Å². The number of rotatable bonds is 4. The van der Waals surface area contributed by atoms with Crippen LogP contribution in [0, 0.1) is 17.1 Å². The number of nitrogens with zero attached hydrogens (tertiary/aromatic N) is 1. The Balaban J connectivity index is 2.06. The van der Waals surface area contributed by atoms with Crippen molar-refractivity contribution >= 4 is 11.3 Å². The molecule has 1 N–H and O–H groups in total. The highest BCUT2D eigenvalue weighted by Gasteiger charge is 2.08. The van der Waals surface area contributed by atoms with Crippen molar-refractivity contribution < 1.29 is 4.39 Å². The monoisotopic (exact) mass is 260 g/mol. The van der Waals surface area contributed by atoms with Crippen molar-refractivity contribution in [2.24, 2.45) is 0 Å². The molecule has 0 aliphatic carbocycles. The Morgan fingerprint density at radius 2 is 2.28 bits per heavy atom. The molecule has 1 aromatic heterocycles. The summed E-state index contributed by atoms with van der Waals surface area (Å²) in [6.07, 6.45) is 0. The number of thiophene rings is 1. The highest BCUT2D eigenvalue weighted by Crippen LogP contribution is 2.19. The van der Waals surface area contributed by atoms with Crippen LogP contribution in [0.3, 0.4) is 0 Å². The van der Waals surface area contributed by atoms with Crippen molar-refractivity contribution in [1.82, 2.24) is 5.32 Å². The molecule has 2 nitrogen and oxygen atoms in total. The zero-order valence-corrected chi connectivity index (χ0v) is 10.8. The minimum Gasteiger partial charge on any atom is -0.305 e. The zero-order chi connectivity index (χ0) is 13.0. The van der Waals surface area contributed by atoms with Crippen LogP contribution in [-0.2, 0) is 6.54 Å². The molecule has 92 valence electrons. The Morgan fingerprint density at radius 1 is 1.44 bits per heavy atom. The topological polar surface area (TPSA) is 35.8 Å². The van der Waals surface area contributed by atoms with Crippen molar-refractivity contribution in [3.63, 3.8) is 0 Å². The molecule has 1 heterocycles. The summed E-state index contributed by atoms with van der Waals surface area (Å²) in [5.74, 6) is -0.311. The van der Waals surface area contributed by atoms with E-state index in [1.54, 1.807) is 11.3 Å². The van der Waals surface area contributed by atoms with Gasteiger partial charge in [0.05, 0.1) is 11.6 Å². The first-order chi connectivity index (χ1) is 8.70. The van der Waals surface area contributed by atoms with Gasteiger partial charge in [-0.2, -0.15) is 5.26 Å². The summed E-state index contributed by atoms with van der Waals surface area (Å²) in [7, 11) is 0. The second-order valence-electron chi connectivity index (χ2n) is 4.03. The summed E-state index contributed by atoms with van der Waals surface area (Å²) in [4.78, 5) is 1.23. The molecule has 0 saturated heterocycles. The van der Waals surface area contributed by atoms with E-state index in [0.29, 0.717) is 17.7 Å². The van der Waals surface area contributed by atoms with E-state index in [-0.39, 0.29) is 11.9 Å². The van der Waals surface area contributed by atoms with E-state index in [1.807, 2.05) is 11.4 Å². The Morgan fingerprint density at radius 3 is 2.94 bits per heavy atom. The molecule has 4 heteroatoms. The molecule has 18 heavy (non-hydrogen) atoms. The first-order valence-corrected chi connectivity index (χ1v) is 6.54. The SMILES string of the molecule is C[C@H](NCc1cc(F)ccc1C#N)c1cccs1. The number of hydrogen-bond donors (Lipinski definition) is 1. The molecule has 0 bridgehead atoms. The first-order valence-electron chi connectivity index (χ1n) is 5.66. The highest BCUT2D eigenvalue weighted by molar-refractivity contribution is 7.10. The molecule has 0 unspecified atom stereocenters. The molecule has 0 spiro atoms. The molecule has 0 aliphatic rings. The summed E-state index contributed by atoms with van der Waals surface area (Å²) >= 11 is 1.68. The van der Waals surface area contributed by atoms with Crippen molar-refractivity contribution in [1.29, 1.82) is 5.26 Å². The Labute approximate surface area is 110 Å². The summed E-state index contributed by atoms with van der Waals surface area (Å²) in [5, 5.41) is 14.3. The van der Waals surface area contributed by atoms with Gasteiger partial charge in [0.1, 0.15) is 5.82 Å². The van der Waals surface area contributed by atoms with Crippen molar-refractivity contribution in [3.8, 4) is 6.07 Å². The summed E-state index contributed by atoms with van der Waals surface area (Å²) in [6.45, 7) is 2.54. The van der Waals surface area contributed by atoms with Gasteiger partial charge in [0.2, 0.25) is 0 Å². The van der Waals surface area contributed by atoms with Gasteiger partial charge in [0.15, 0.2) is 0 Å². The smallest absolute Gasteiger partial charge is 0.123 e. The van der Waals surface area contributed by atoms with Crippen LogP contribution in [0.2, 0.25) is 0 Å². The van der Waals surface area contributed by atoms with E-state index in [9.17, 15) is 4.39 Å². The number of nitriles is 1. The summed E-state index contributed by atoms with van der Waals surface area (Å²) in [6, 6.07) is 10.6. The van der Waals surface area contributed by atoms with E-state index in [4.69, 9.17) is 5.26 Å². The molecule has 0 aliphatic heterocycles. The lowest BCUT2D eigenvalue weighted by Crippen LogP contribution is -2.17. The van der Waals surface area contributed by atoms with E-state index < -0.39 is 0 Å². The fourth-order valence-corrected chi connectivity index (χ4v) is 2.48. The van der Waals surface area contributed by atoms with Gasteiger partial charge in [-0.25, -0.2) is 4.39 Å². The van der Waals surface area contributed by atoms with Crippen molar-refractivity contribution in [3.05, 3.63) is 57.5 Å². The Bertz CT molecular complexity index is 558. The molecule has 1 aromatic carbocycles. The third kappa shape index (κ3) is 2.95. The summed E-state index contributed by atoms with van der Waals surface area (Å²) in [5.41, 5.74) is 1.21. The number of halogens is 1. The average Bonchev–Trinajstić information content (AvgIpc) is 2.90. The van der Waals surface area contributed by atoms with Gasteiger partial charge in [0, 0.05) is 17.5 Å². The number of nitrogens with one attached hydrogen (secondary N) is 1. The molecule has 2 rings (SSSR count). The van der Waals surface area contributed by atoms with Crippen LogP contribution in [0.15, 0.2) is 35.7 Å². The van der Waals surface area contributed by atoms with Gasteiger partial charge in [-0.1, -0.05) is 6.07 Å². The van der Waals surface area contributed by atoms with Gasteiger partial charge >= 0.3 is 0 Å². The number of benzene rings is 1. The van der Waals surface area contributed by atoms with Crippen LogP contribution in [0.1, 0.15) is 29.0 Å². The minimum atomic E-state index is -0.311. The molecule has 0 radical (unpaired) electrons. The van der Waals surface area contributed by atoms with Crippen LogP contribution in [0.4, 0.5) is 4.39 Å². The Kier molecular flexibility index (Phi) is 4.08. The van der Waals surface area contributed by atoms with E-state index in [0.717, 1.165) is 0 Å². The molecule has 1 atom stereocenters. The third-order valence-electron chi connectivity index (χ3n) is 2.76. The highest BCUT2D eigenvalue weighted by atomic mass is 32.1. The van der Waals surface area contributed by atoms with Crippen LogP contribution >= 0.6 is 11.3 Å². The molecule has 0 fully saturated rings. The first kappa shape index (κ1) is 12.7. The maximum Gasteiger partial charge on any atom is 0.123 e. The fraction of sp³-hybridized carbons (Fsp3) is 0.214. The van der Waals surface area contributed by atoms with Gasteiger partial charge in [-0.3, -0.25) is 0 Å². The lowest BCUT2D eigenvalue weighted by molar-refractivity contribution is 0.575. The molecular weight excluding hydrogens is 247 g/mol. The van der Waals surface area contributed by atoms with Crippen LogP contribution in [0.5, 0.6) is 0 Å². The van der Waals surface area contributed by atoms with Gasteiger partial charge < -0.3 is 5.32 Å². The van der Waals surface area contributed by atoms with E-state index in [2.05, 4.69) is 24.4 Å². The minimum absolute atomic E-state index is 0.194. The zero-order valence-electron chi connectivity index (χ0n) is 9.98. The fourth-order valence-electron chi connectivity index (χ4n) is 1.72. The van der Waals surface area contributed by atoms with Gasteiger partial charge in [-0.15, -0.1) is 11.3 Å². The second kappa shape index (κ2) is 5.76. The molecule has 0 saturated carbocycles. The van der Waals surface area contributed by atoms with Gasteiger partial charge in [-0.05, 0) is 42.1 Å². The van der Waals surface area contributed by atoms with E-state index in [1.165, 1.54) is 23.1 Å². The van der Waals surface area contributed by atoms with Gasteiger partial charge in [0.25, 0.3) is 0 Å². The Hall–Kier alpha value is -1.70. The van der Waals surface area contributed by atoms with Crippen molar-refractivity contribution in [2.75, 3.05) is 0 Å². The average molecular weight is 260 g/mol. The normalized spacial score (nSPS) is 12.1. The van der Waals surface area contributed by atoms with Crippen LogP contribution in [-0.4, -0.2) is 0 Å². The maximum absolute atomic E-state index is 13.1. The standard InChI is InChI=1S/C14H13FN2S/c1-10(14-3-2-6-18-14)17-9-12-7-13(15)5-4-11(12)8-16/h2-7,10,17H,9H2,1H3/t10-/m0/s1. The number of hydrogen-bond acceptors (Lipinski definition) is 3. The maximum atomic E-state index is 13.1. The predicted molar refractivity (Wildman–Crippen MR) is 70.7 cm³/mol. The second-order valence-corrected chi connectivity index (χ2v) is 5.01. The lowest BCUT2D eigenvalue weighted by Gasteiger charge is -2.12. The summed E-state index contributed by atoms with van der Waals surface area (Å²) < 4.78 is 13.1. The van der Waals surface area contributed by atoms with E-state index >= 15 is 0 Å². The van der Waals surface area contributed by atoms with Crippen LogP contribution < -0.4 is 5.32 Å². The van der Waals surface area contributed by atoms with Crippen LogP contribution in [0.25, 0.3) is 0 Å². The quantitative estimate of drug-likeness (QED) is 0.911. The molecular formula is C14H13FN2S. The molecule has 0 amide bonds.